The van der Waals surface area contributed by atoms with Crippen molar-refractivity contribution in [1.29, 1.82) is 0 Å². The van der Waals surface area contributed by atoms with E-state index < -0.39 is 0 Å². The summed E-state index contributed by atoms with van der Waals surface area (Å²) >= 11 is 0. The zero-order valence-electron chi connectivity index (χ0n) is 12.4. The Morgan fingerprint density at radius 1 is 1.35 bits per heavy atom. The Morgan fingerprint density at radius 2 is 2.10 bits per heavy atom. The highest BCUT2D eigenvalue weighted by molar-refractivity contribution is 5.39. The highest BCUT2D eigenvalue weighted by Crippen LogP contribution is 2.27. The van der Waals surface area contributed by atoms with E-state index in [-0.39, 0.29) is 11.7 Å². The molecule has 0 fully saturated rings. The standard InChI is InChI=1S/C15H21N3O2/c1-11-5-6-14(20-4)12(9-11)13(16-2)10-18-8-7-17(3)15(18)19/h5-9,13,16H,10H2,1-4H3. The van der Waals surface area contributed by atoms with Crippen LogP contribution in [-0.2, 0) is 13.6 Å². The quantitative estimate of drug-likeness (QED) is 0.899. The maximum atomic E-state index is 11.9. The molecular weight excluding hydrogens is 254 g/mol. The molecular formula is C15H21N3O2. The maximum absolute atomic E-state index is 11.9. The Balaban J connectivity index is 2.35. The van der Waals surface area contributed by atoms with Crippen molar-refractivity contribution in [2.24, 2.45) is 7.05 Å². The van der Waals surface area contributed by atoms with Gasteiger partial charge in [0.1, 0.15) is 5.75 Å². The number of aryl methyl sites for hydroxylation is 2. The molecule has 2 rings (SSSR count). The number of methoxy groups -OCH3 is 1. The lowest BCUT2D eigenvalue weighted by atomic mass is 10.0. The maximum Gasteiger partial charge on any atom is 0.327 e. The number of nitrogens with one attached hydrogen (secondary N) is 1. The van der Waals surface area contributed by atoms with Gasteiger partial charge < -0.3 is 14.6 Å². The second-order valence-electron chi connectivity index (χ2n) is 4.93. The van der Waals surface area contributed by atoms with Crippen molar-refractivity contribution in [3.8, 4) is 5.75 Å². The van der Waals surface area contributed by atoms with Crippen molar-refractivity contribution in [2.45, 2.75) is 19.5 Å². The van der Waals surface area contributed by atoms with Gasteiger partial charge in [0.05, 0.1) is 13.2 Å². The summed E-state index contributed by atoms with van der Waals surface area (Å²) in [7, 11) is 5.30. The van der Waals surface area contributed by atoms with E-state index in [1.54, 1.807) is 35.7 Å². The summed E-state index contributed by atoms with van der Waals surface area (Å²) in [4.78, 5) is 11.9. The minimum Gasteiger partial charge on any atom is -0.496 e. The predicted octanol–water partition coefficient (Wildman–Crippen LogP) is 1.46. The molecule has 0 aliphatic heterocycles. The smallest absolute Gasteiger partial charge is 0.327 e. The molecule has 0 aliphatic rings. The normalized spacial score (nSPS) is 12.4. The SMILES string of the molecule is CNC(Cn1ccn(C)c1=O)c1cc(C)ccc1OC. The molecule has 0 spiro atoms. The van der Waals surface area contributed by atoms with Crippen LogP contribution < -0.4 is 15.7 Å². The number of ether oxygens (including phenoxy) is 1. The number of imidazole rings is 1. The largest absolute Gasteiger partial charge is 0.496 e. The average Bonchev–Trinajstić information content (AvgIpc) is 2.76. The molecule has 1 atom stereocenters. The van der Waals surface area contributed by atoms with Gasteiger partial charge in [0.25, 0.3) is 0 Å². The van der Waals surface area contributed by atoms with E-state index in [9.17, 15) is 4.79 Å². The summed E-state index contributed by atoms with van der Waals surface area (Å²) in [5.41, 5.74) is 2.21. The van der Waals surface area contributed by atoms with Gasteiger partial charge in [0.15, 0.2) is 0 Å². The molecule has 0 saturated heterocycles. The summed E-state index contributed by atoms with van der Waals surface area (Å²) < 4.78 is 8.69. The molecule has 1 aromatic carbocycles. The van der Waals surface area contributed by atoms with Gasteiger partial charge in [-0.2, -0.15) is 0 Å². The molecule has 108 valence electrons. The molecule has 0 amide bonds. The highest BCUT2D eigenvalue weighted by atomic mass is 16.5. The first-order chi connectivity index (χ1) is 9.56. The number of benzene rings is 1. The van der Waals surface area contributed by atoms with Gasteiger partial charge in [-0.1, -0.05) is 17.7 Å². The zero-order chi connectivity index (χ0) is 14.7. The summed E-state index contributed by atoms with van der Waals surface area (Å²) in [6.45, 7) is 2.61. The second kappa shape index (κ2) is 5.96. The molecule has 1 N–H and O–H groups in total. The summed E-state index contributed by atoms with van der Waals surface area (Å²) in [6, 6.07) is 6.09. The van der Waals surface area contributed by atoms with E-state index in [0.29, 0.717) is 6.54 Å². The third-order valence-electron chi connectivity index (χ3n) is 3.51. The highest BCUT2D eigenvalue weighted by Gasteiger charge is 2.16. The average molecular weight is 275 g/mol. The molecule has 1 heterocycles. The van der Waals surface area contributed by atoms with Crippen LogP contribution in [0.3, 0.4) is 0 Å². The Kier molecular flexibility index (Phi) is 4.29. The first-order valence-electron chi connectivity index (χ1n) is 6.60. The van der Waals surface area contributed by atoms with E-state index in [0.717, 1.165) is 11.3 Å². The Labute approximate surface area is 118 Å². The number of likely N-dealkylation sites (N-methyl/N-ethyl adjacent to an activating group) is 1. The second-order valence-corrected chi connectivity index (χ2v) is 4.93. The molecule has 1 unspecified atom stereocenters. The molecule has 1 aromatic heterocycles. The first-order valence-corrected chi connectivity index (χ1v) is 6.60. The Bertz CT molecular complexity index is 643. The lowest BCUT2D eigenvalue weighted by molar-refractivity contribution is 0.393. The molecule has 0 bridgehead atoms. The lowest BCUT2D eigenvalue weighted by Gasteiger charge is -2.20. The number of nitrogens with zero attached hydrogens (tertiary/aromatic N) is 2. The van der Waals surface area contributed by atoms with E-state index in [1.807, 2.05) is 26.1 Å². The molecule has 0 saturated carbocycles. The van der Waals surface area contributed by atoms with Gasteiger partial charge in [0, 0.05) is 31.5 Å². The number of hydrogen-bond donors (Lipinski definition) is 1. The van der Waals surface area contributed by atoms with Crippen LogP contribution in [0.5, 0.6) is 5.75 Å². The van der Waals surface area contributed by atoms with Crippen LogP contribution in [0.25, 0.3) is 0 Å². The van der Waals surface area contributed by atoms with Crippen molar-refractivity contribution >= 4 is 0 Å². The van der Waals surface area contributed by atoms with E-state index in [4.69, 9.17) is 4.74 Å². The van der Waals surface area contributed by atoms with Crippen molar-refractivity contribution in [3.63, 3.8) is 0 Å². The van der Waals surface area contributed by atoms with Crippen molar-refractivity contribution in [1.82, 2.24) is 14.5 Å². The van der Waals surface area contributed by atoms with Crippen LogP contribution in [0.2, 0.25) is 0 Å². The third-order valence-corrected chi connectivity index (χ3v) is 3.51. The Hall–Kier alpha value is -2.01. The molecule has 20 heavy (non-hydrogen) atoms. The van der Waals surface area contributed by atoms with Gasteiger partial charge in [0.2, 0.25) is 0 Å². The number of hydrogen-bond acceptors (Lipinski definition) is 3. The third kappa shape index (κ3) is 2.77. The number of aromatic nitrogens is 2. The summed E-state index contributed by atoms with van der Waals surface area (Å²) in [6.07, 6.45) is 3.57. The monoisotopic (exact) mass is 275 g/mol. The molecule has 5 nitrogen and oxygen atoms in total. The van der Waals surface area contributed by atoms with E-state index in [1.165, 1.54) is 5.56 Å². The van der Waals surface area contributed by atoms with Crippen LogP contribution >= 0.6 is 0 Å². The fourth-order valence-corrected chi connectivity index (χ4v) is 2.32. The zero-order valence-corrected chi connectivity index (χ0v) is 12.4. The van der Waals surface area contributed by atoms with E-state index in [2.05, 4.69) is 11.4 Å². The fraction of sp³-hybridized carbons (Fsp3) is 0.400. The van der Waals surface area contributed by atoms with E-state index >= 15 is 0 Å². The van der Waals surface area contributed by atoms with Crippen molar-refractivity contribution in [2.75, 3.05) is 14.2 Å². The van der Waals surface area contributed by atoms with Gasteiger partial charge in [-0.15, -0.1) is 0 Å². The minimum absolute atomic E-state index is 0.0168. The minimum atomic E-state index is -0.0168. The van der Waals surface area contributed by atoms with Gasteiger partial charge in [-0.05, 0) is 20.0 Å². The van der Waals surface area contributed by atoms with Crippen LogP contribution in [0.15, 0.2) is 35.4 Å². The molecule has 5 heteroatoms. The molecule has 2 aromatic rings. The summed E-state index contributed by atoms with van der Waals surface area (Å²) in [5.74, 6) is 0.832. The topological polar surface area (TPSA) is 48.2 Å². The van der Waals surface area contributed by atoms with Crippen molar-refractivity contribution < 1.29 is 4.74 Å². The fourth-order valence-electron chi connectivity index (χ4n) is 2.32. The summed E-state index contributed by atoms with van der Waals surface area (Å²) in [5, 5.41) is 3.26. The van der Waals surface area contributed by atoms with Gasteiger partial charge in [-0.25, -0.2) is 4.79 Å². The molecule has 0 radical (unpaired) electrons. The first kappa shape index (κ1) is 14.4. The predicted molar refractivity (Wildman–Crippen MR) is 79.2 cm³/mol. The Morgan fingerprint density at radius 3 is 2.65 bits per heavy atom. The lowest BCUT2D eigenvalue weighted by Crippen LogP contribution is -2.29. The van der Waals surface area contributed by atoms with Crippen LogP contribution in [0.4, 0.5) is 0 Å². The van der Waals surface area contributed by atoms with Gasteiger partial charge >= 0.3 is 5.69 Å². The number of rotatable bonds is 5. The van der Waals surface area contributed by atoms with Crippen molar-refractivity contribution in [3.05, 3.63) is 52.2 Å². The van der Waals surface area contributed by atoms with Crippen LogP contribution in [0.1, 0.15) is 17.2 Å². The van der Waals surface area contributed by atoms with Crippen LogP contribution in [-0.4, -0.2) is 23.3 Å². The van der Waals surface area contributed by atoms with Crippen LogP contribution in [0, 0.1) is 6.92 Å². The molecule has 0 aliphatic carbocycles. The van der Waals surface area contributed by atoms with Gasteiger partial charge in [-0.3, -0.25) is 4.57 Å².